The minimum atomic E-state index is -0.826. The molecule has 9 rings (SSSR count). The van der Waals surface area contributed by atoms with E-state index >= 15 is 0 Å². The minimum absolute atomic E-state index is 0.795. The van der Waals surface area contributed by atoms with Gasteiger partial charge in [0, 0.05) is 0 Å². The maximum absolute atomic E-state index is 4.93. The first-order valence-corrected chi connectivity index (χ1v) is 28.8. The molecule has 306 valence electrons. The number of aryl methyl sites for hydroxylation is 4. The van der Waals surface area contributed by atoms with Crippen molar-refractivity contribution in [3.63, 3.8) is 0 Å². The van der Waals surface area contributed by atoms with Crippen LogP contribution in [0.5, 0.6) is 0 Å². The maximum Gasteiger partial charge on any atom is 0.0920 e. The van der Waals surface area contributed by atoms with Crippen molar-refractivity contribution in [3.05, 3.63) is 178 Å². The zero-order valence-electron chi connectivity index (χ0n) is 36.6. The first-order valence-electron chi connectivity index (χ1n) is 21.4. The zero-order valence-corrected chi connectivity index (χ0v) is 41.6. The second kappa shape index (κ2) is 21.8. The summed E-state index contributed by atoms with van der Waals surface area (Å²) in [7, 11) is 10.7. The van der Waals surface area contributed by atoms with Crippen LogP contribution in [0.25, 0.3) is 54.9 Å². The molecule has 60 heavy (non-hydrogen) atoms. The van der Waals surface area contributed by atoms with E-state index in [9.17, 15) is 0 Å². The van der Waals surface area contributed by atoms with Gasteiger partial charge < -0.3 is 0 Å². The van der Waals surface area contributed by atoms with E-state index in [4.69, 9.17) is 17.0 Å². The number of benzene rings is 6. The molecular weight excluding hydrogens is 863 g/mol. The molecule has 0 saturated carbocycles. The molecule has 2 radical (unpaired) electrons. The molecule has 0 amide bonds. The molecule has 0 nitrogen and oxygen atoms in total. The number of fused-ring (bicyclic) bond motifs is 5. The minimum Gasteiger partial charge on any atom is -0.184 e. The summed E-state index contributed by atoms with van der Waals surface area (Å²) in [6.45, 7) is 17.8. The van der Waals surface area contributed by atoms with Crippen LogP contribution in [0.4, 0.5) is 0 Å². The monoisotopic (exact) mass is 917 g/mol. The average Bonchev–Trinajstić information content (AvgIpc) is 3.99. The summed E-state index contributed by atoms with van der Waals surface area (Å²) in [6.07, 6.45) is 7.44. The third-order valence-electron chi connectivity index (χ3n) is 12.3. The second-order valence-electron chi connectivity index (χ2n) is 16.1. The van der Waals surface area contributed by atoms with Crippen LogP contribution in [0.2, 0.25) is 0 Å². The Morgan fingerprint density at radius 1 is 0.517 bits per heavy atom. The smallest absolute Gasteiger partial charge is 0.0920 e. The molecule has 0 aromatic heterocycles. The van der Waals surface area contributed by atoms with Crippen LogP contribution in [-0.4, -0.2) is 9.52 Å². The molecule has 8 aromatic carbocycles. The Morgan fingerprint density at radius 2 is 0.983 bits per heavy atom. The largest absolute Gasteiger partial charge is 0.184 e. The summed E-state index contributed by atoms with van der Waals surface area (Å²) < 4.78 is 0. The van der Waals surface area contributed by atoms with E-state index in [2.05, 4.69) is 183 Å². The summed E-state index contributed by atoms with van der Waals surface area (Å²) in [6, 6.07) is 50.2. The normalized spacial score (nSPS) is 11.2. The molecule has 8 aromatic rings. The Morgan fingerprint density at radius 3 is 1.48 bits per heavy atom. The molecule has 0 atom stereocenters. The van der Waals surface area contributed by atoms with Gasteiger partial charge in [0.15, 0.2) is 0 Å². The van der Waals surface area contributed by atoms with Crippen molar-refractivity contribution in [2.45, 2.75) is 93.9 Å². The first-order chi connectivity index (χ1) is 29.1. The van der Waals surface area contributed by atoms with Gasteiger partial charge in [0.1, 0.15) is 0 Å². The number of halogens is 2. The van der Waals surface area contributed by atoms with Crippen molar-refractivity contribution < 1.29 is 20.8 Å². The van der Waals surface area contributed by atoms with Gasteiger partial charge in [-0.05, 0) is 98.9 Å². The third-order valence-corrected chi connectivity index (χ3v) is 13.7. The average molecular weight is 920 g/mol. The van der Waals surface area contributed by atoms with Gasteiger partial charge in [0.2, 0.25) is 0 Å². The van der Waals surface area contributed by atoms with Crippen molar-refractivity contribution >= 4 is 58.5 Å². The van der Waals surface area contributed by atoms with Crippen LogP contribution in [0.3, 0.4) is 0 Å². The quantitative estimate of drug-likeness (QED) is 0.105. The molecule has 1 aliphatic heterocycles. The van der Waals surface area contributed by atoms with Crippen LogP contribution < -0.4 is 10.4 Å². The molecule has 0 unspecified atom stereocenters. The molecule has 1 heterocycles. The number of hydrogen-bond acceptors (Lipinski definition) is 0. The van der Waals surface area contributed by atoms with Gasteiger partial charge in [-0.3, -0.25) is 0 Å². The third kappa shape index (κ3) is 10.6. The van der Waals surface area contributed by atoms with Crippen LogP contribution in [0, 0.1) is 47.6 Å². The standard InChI is InChI=1S/2C22H25.C12H7Si.2ClH.Zr/c2*1-5-6-8-18-13-19-9-7-10-21(22(19)14-18)20-12-11-15(2)16(3)17(20)4;1-3-7-11-9(5-1)10-6-2-4-8-12(10)13-11;;;/h2*7,9-14H,5-6,8H2,1-4H3;1-7H;2*1H;/q3*-1;;;+2/p-2. The summed E-state index contributed by atoms with van der Waals surface area (Å²) >= 11 is -0.826. The van der Waals surface area contributed by atoms with Crippen molar-refractivity contribution in [3.8, 4) is 33.4 Å². The fraction of sp³-hybridized carbons (Fsp3) is 0.250. The molecule has 4 heteroatoms. The van der Waals surface area contributed by atoms with Crippen LogP contribution in [0.15, 0.2) is 127 Å². The van der Waals surface area contributed by atoms with Crippen LogP contribution >= 0.6 is 17.0 Å². The molecular formula is C56H57Cl2SiZr-3. The van der Waals surface area contributed by atoms with E-state index in [-0.39, 0.29) is 0 Å². The SMILES string of the molecule is CCCCc1cc2c(-c3ccc(C)c(C)c3C)cccc2[cH-]1.CCCCc1cc2c(-c3ccc(C)c(C)c3C)cccc2[cH-]1.[Cl][Zr][Cl].[c-]1cccc2c1[Si]c1ccccc1-2. The van der Waals surface area contributed by atoms with E-state index in [0.29, 0.717) is 0 Å². The second-order valence-corrected chi connectivity index (χ2v) is 21.1. The van der Waals surface area contributed by atoms with Crippen LogP contribution in [0.1, 0.15) is 84.0 Å². The fourth-order valence-electron chi connectivity index (χ4n) is 8.34. The predicted octanol–water partition coefficient (Wildman–Crippen LogP) is 15.5. The van der Waals surface area contributed by atoms with E-state index in [1.807, 2.05) is 6.07 Å². The summed E-state index contributed by atoms with van der Waals surface area (Å²) in [4.78, 5) is 0. The molecule has 0 aliphatic carbocycles. The Hall–Kier alpha value is -3.78. The Balaban J connectivity index is 0.000000150. The van der Waals surface area contributed by atoms with Crippen LogP contribution in [-0.2, 0) is 33.7 Å². The van der Waals surface area contributed by atoms with Crippen molar-refractivity contribution in [2.24, 2.45) is 0 Å². The molecule has 1 aliphatic rings. The van der Waals surface area contributed by atoms with Gasteiger partial charge in [-0.2, -0.15) is 41.6 Å². The zero-order chi connectivity index (χ0) is 42.8. The van der Waals surface area contributed by atoms with E-state index in [0.717, 1.165) is 9.52 Å². The van der Waals surface area contributed by atoms with Gasteiger partial charge in [0.05, 0.1) is 9.52 Å². The van der Waals surface area contributed by atoms with Gasteiger partial charge in [0.25, 0.3) is 0 Å². The summed E-state index contributed by atoms with van der Waals surface area (Å²) in [5, 5.41) is 8.38. The van der Waals surface area contributed by atoms with Gasteiger partial charge >= 0.3 is 37.9 Å². The van der Waals surface area contributed by atoms with E-state index < -0.39 is 20.8 Å². The summed E-state index contributed by atoms with van der Waals surface area (Å²) in [5.74, 6) is 0. The molecule has 0 bridgehead atoms. The molecule has 0 fully saturated rings. The molecule has 0 spiro atoms. The number of rotatable bonds is 8. The number of unbranched alkanes of at least 4 members (excludes halogenated alkanes) is 2. The van der Waals surface area contributed by atoms with Gasteiger partial charge in [-0.1, -0.05) is 122 Å². The molecule has 0 N–H and O–H groups in total. The maximum atomic E-state index is 4.93. The molecule has 0 saturated heterocycles. The number of hydrogen-bond donors (Lipinski definition) is 0. The fourth-order valence-corrected chi connectivity index (χ4v) is 9.65. The predicted molar refractivity (Wildman–Crippen MR) is 263 cm³/mol. The van der Waals surface area contributed by atoms with Crippen molar-refractivity contribution in [2.75, 3.05) is 0 Å². The van der Waals surface area contributed by atoms with Crippen molar-refractivity contribution in [1.29, 1.82) is 0 Å². The van der Waals surface area contributed by atoms with Crippen molar-refractivity contribution in [1.82, 2.24) is 0 Å². The summed E-state index contributed by atoms with van der Waals surface area (Å²) in [5.41, 5.74) is 19.6. The Kier molecular flexibility index (Phi) is 16.6. The first kappa shape index (κ1) is 45.7. The Labute approximate surface area is 381 Å². The topological polar surface area (TPSA) is 0 Å². The van der Waals surface area contributed by atoms with E-state index in [1.54, 1.807) is 0 Å². The Bertz CT molecular complexity index is 2490. The van der Waals surface area contributed by atoms with Gasteiger partial charge in [-0.25, -0.2) is 0 Å². The van der Waals surface area contributed by atoms with E-state index in [1.165, 1.54) is 148 Å². The van der Waals surface area contributed by atoms with Gasteiger partial charge in [-0.15, -0.1) is 74.6 Å².